The van der Waals surface area contributed by atoms with Crippen LogP contribution in [0.5, 0.6) is 0 Å². The van der Waals surface area contributed by atoms with Gasteiger partial charge in [0, 0.05) is 6.61 Å². The molecule has 1 aromatic carbocycles. The van der Waals surface area contributed by atoms with Crippen LogP contribution >= 0.6 is 11.6 Å². The van der Waals surface area contributed by atoms with Gasteiger partial charge in [-0.3, -0.25) is 0 Å². The van der Waals surface area contributed by atoms with Gasteiger partial charge in [-0.1, -0.05) is 52.0 Å². The van der Waals surface area contributed by atoms with E-state index in [0.717, 1.165) is 19.4 Å². The van der Waals surface area contributed by atoms with Crippen molar-refractivity contribution in [2.45, 2.75) is 57.4 Å². The van der Waals surface area contributed by atoms with Crippen LogP contribution in [0.1, 0.15) is 57.0 Å². The normalized spacial score (nSPS) is 25.5. The minimum atomic E-state index is -0.0312. The van der Waals surface area contributed by atoms with Crippen molar-refractivity contribution in [3.05, 3.63) is 35.4 Å². The third kappa shape index (κ3) is 3.14. The van der Waals surface area contributed by atoms with Crippen molar-refractivity contribution < 1.29 is 4.74 Å². The Bertz CT molecular complexity index is 410. The lowest BCUT2D eigenvalue weighted by atomic mass is 9.82. The first-order valence-corrected chi connectivity index (χ1v) is 7.75. The Morgan fingerprint density at radius 2 is 1.95 bits per heavy atom. The Labute approximate surface area is 122 Å². The van der Waals surface area contributed by atoms with Crippen molar-refractivity contribution in [1.82, 2.24) is 0 Å². The van der Waals surface area contributed by atoms with Gasteiger partial charge in [0.1, 0.15) is 0 Å². The molecule has 1 aromatic rings. The zero-order valence-corrected chi connectivity index (χ0v) is 13.2. The summed E-state index contributed by atoms with van der Waals surface area (Å²) in [5.41, 5.74) is 2.79. The second-order valence-corrected chi connectivity index (χ2v) is 6.83. The lowest BCUT2D eigenvalue weighted by molar-refractivity contribution is 0.0903. The molecule has 0 aliphatic carbocycles. The molecule has 1 heterocycles. The van der Waals surface area contributed by atoms with Crippen LogP contribution in [-0.2, 0) is 10.2 Å². The molecule has 0 radical (unpaired) electrons. The van der Waals surface area contributed by atoms with E-state index in [2.05, 4.69) is 52.0 Å². The van der Waals surface area contributed by atoms with Crippen LogP contribution in [0.15, 0.2) is 24.3 Å². The van der Waals surface area contributed by atoms with Crippen LogP contribution in [0.2, 0.25) is 0 Å². The van der Waals surface area contributed by atoms with Crippen molar-refractivity contribution in [3.63, 3.8) is 0 Å². The number of alkyl halides is 1. The molecule has 3 unspecified atom stereocenters. The van der Waals surface area contributed by atoms with E-state index < -0.39 is 0 Å². The summed E-state index contributed by atoms with van der Waals surface area (Å²) < 4.78 is 5.77. The molecular weight excluding hydrogens is 256 g/mol. The zero-order valence-electron chi connectivity index (χ0n) is 12.4. The van der Waals surface area contributed by atoms with Gasteiger partial charge in [-0.2, -0.15) is 0 Å². The van der Waals surface area contributed by atoms with Gasteiger partial charge in [-0.25, -0.2) is 0 Å². The smallest absolute Gasteiger partial charge is 0.0849 e. The summed E-state index contributed by atoms with van der Waals surface area (Å²) in [7, 11) is 0. The average molecular weight is 281 g/mol. The fourth-order valence-electron chi connectivity index (χ4n) is 2.60. The average Bonchev–Trinajstić information content (AvgIpc) is 2.84. The quantitative estimate of drug-likeness (QED) is 0.699. The van der Waals surface area contributed by atoms with Crippen molar-refractivity contribution in [2.75, 3.05) is 6.61 Å². The molecular formula is C17H25ClO. The Kier molecular flexibility index (Phi) is 4.58. The van der Waals surface area contributed by atoms with Crippen molar-refractivity contribution >= 4 is 11.6 Å². The maximum Gasteiger partial charge on any atom is 0.0849 e. The number of rotatable bonds is 4. The monoisotopic (exact) mass is 280 g/mol. The molecule has 0 aromatic heterocycles. The predicted octanol–water partition coefficient (Wildman–Crippen LogP) is 5.08. The molecule has 1 aliphatic rings. The van der Waals surface area contributed by atoms with Crippen molar-refractivity contribution in [3.8, 4) is 0 Å². The minimum Gasteiger partial charge on any atom is -0.376 e. The maximum absolute atomic E-state index is 6.58. The van der Waals surface area contributed by atoms with Crippen LogP contribution in [-0.4, -0.2) is 12.7 Å². The molecule has 0 bridgehead atoms. The third-order valence-corrected chi connectivity index (χ3v) is 5.13. The summed E-state index contributed by atoms with van der Waals surface area (Å²) in [6.07, 6.45) is 2.42. The van der Waals surface area contributed by atoms with Crippen molar-refractivity contribution in [1.29, 1.82) is 0 Å². The van der Waals surface area contributed by atoms with E-state index in [1.54, 1.807) is 0 Å². The highest BCUT2D eigenvalue weighted by molar-refractivity contribution is 6.21. The second kappa shape index (κ2) is 5.85. The number of halogens is 1. The first-order valence-electron chi connectivity index (χ1n) is 7.32. The summed E-state index contributed by atoms with van der Waals surface area (Å²) in [5, 5.41) is -0.0312. The highest BCUT2D eigenvalue weighted by Crippen LogP contribution is 2.36. The molecule has 3 atom stereocenters. The molecule has 106 valence electrons. The molecule has 19 heavy (non-hydrogen) atoms. The van der Waals surface area contributed by atoms with E-state index in [0.29, 0.717) is 5.92 Å². The van der Waals surface area contributed by atoms with Gasteiger partial charge >= 0.3 is 0 Å². The fraction of sp³-hybridized carbons (Fsp3) is 0.647. The Hall–Kier alpha value is -0.530. The van der Waals surface area contributed by atoms with Crippen LogP contribution < -0.4 is 0 Å². The van der Waals surface area contributed by atoms with E-state index in [1.165, 1.54) is 11.1 Å². The van der Waals surface area contributed by atoms with E-state index in [9.17, 15) is 0 Å². The van der Waals surface area contributed by atoms with Gasteiger partial charge in [-0.05, 0) is 35.3 Å². The molecule has 0 spiro atoms. The molecule has 1 saturated heterocycles. The van der Waals surface area contributed by atoms with Crippen molar-refractivity contribution in [2.24, 2.45) is 5.92 Å². The Morgan fingerprint density at radius 1 is 1.32 bits per heavy atom. The van der Waals surface area contributed by atoms with E-state index >= 15 is 0 Å². The van der Waals surface area contributed by atoms with Gasteiger partial charge < -0.3 is 4.74 Å². The second-order valence-electron chi connectivity index (χ2n) is 6.36. The Balaban J connectivity index is 2.14. The minimum absolute atomic E-state index is 0.0312. The molecule has 0 N–H and O–H groups in total. The highest BCUT2D eigenvalue weighted by atomic mass is 35.5. The summed E-state index contributed by atoms with van der Waals surface area (Å²) in [4.78, 5) is 0. The molecule has 1 nitrogen and oxygen atoms in total. The SMILES string of the molecule is CCC(C)(C)c1ccc(C(Cl)C2OCCC2C)cc1. The Morgan fingerprint density at radius 3 is 2.42 bits per heavy atom. The van der Waals surface area contributed by atoms with Gasteiger partial charge in [0.15, 0.2) is 0 Å². The molecule has 0 amide bonds. The summed E-state index contributed by atoms with van der Waals surface area (Å²) in [6, 6.07) is 8.76. The lowest BCUT2D eigenvalue weighted by Crippen LogP contribution is -2.20. The largest absolute Gasteiger partial charge is 0.376 e. The van der Waals surface area contributed by atoms with Crippen LogP contribution in [0.4, 0.5) is 0 Å². The number of hydrogen-bond donors (Lipinski definition) is 0. The molecule has 1 fully saturated rings. The number of hydrogen-bond acceptors (Lipinski definition) is 1. The molecule has 2 rings (SSSR count). The van der Waals surface area contributed by atoms with Crippen LogP contribution in [0.25, 0.3) is 0 Å². The number of ether oxygens (including phenoxy) is 1. The summed E-state index contributed by atoms with van der Waals surface area (Å²) in [5.74, 6) is 0.550. The van der Waals surface area contributed by atoms with Gasteiger partial charge in [0.2, 0.25) is 0 Å². The van der Waals surface area contributed by atoms with Gasteiger partial charge in [0.25, 0.3) is 0 Å². The van der Waals surface area contributed by atoms with Crippen LogP contribution in [0, 0.1) is 5.92 Å². The molecule has 2 heteroatoms. The number of benzene rings is 1. The van der Waals surface area contributed by atoms with E-state index in [4.69, 9.17) is 16.3 Å². The van der Waals surface area contributed by atoms with Gasteiger partial charge in [-0.15, -0.1) is 11.6 Å². The topological polar surface area (TPSA) is 9.23 Å². The first-order chi connectivity index (χ1) is 8.95. The van der Waals surface area contributed by atoms with E-state index in [1.807, 2.05) is 0 Å². The van der Waals surface area contributed by atoms with E-state index in [-0.39, 0.29) is 16.9 Å². The zero-order chi connectivity index (χ0) is 14.0. The standard InChI is InChI=1S/C17H25ClO/c1-5-17(3,4)14-8-6-13(7-9-14)15(18)16-12(2)10-11-19-16/h6-9,12,15-16H,5,10-11H2,1-4H3. The maximum atomic E-state index is 6.58. The third-order valence-electron chi connectivity index (χ3n) is 4.63. The predicted molar refractivity (Wildman–Crippen MR) is 81.9 cm³/mol. The summed E-state index contributed by atoms with van der Waals surface area (Å²) in [6.45, 7) is 9.86. The van der Waals surface area contributed by atoms with Gasteiger partial charge in [0.05, 0.1) is 11.5 Å². The summed E-state index contributed by atoms with van der Waals surface area (Å²) >= 11 is 6.58. The highest BCUT2D eigenvalue weighted by Gasteiger charge is 2.32. The lowest BCUT2D eigenvalue weighted by Gasteiger charge is -2.25. The molecule has 0 saturated carbocycles. The molecule has 1 aliphatic heterocycles. The fourth-order valence-corrected chi connectivity index (χ4v) is 3.07. The first kappa shape index (κ1) is 14.9. The van der Waals surface area contributed by atoms with Crippen LogP contribution in [0.3, 0.4) is 0 Å².